The topological polar surface area (TPSA) is 83.7 Å². The Morgan fingerprint density at radius 2 is 1.07 bits per heavy atom. The molecular weight excluding hydrogens is 404 g/mol. The highest BCUT2D eigenvalue weighted by Crippen LogP contribution is 2.43. The van der Waals surface area contributed by atoms with Crippen molar-refractivity contribution < 1.29 is 35.7 Å². The zero-order valence-corrected chi connectivity index (χ0v) is 19.5. The van der Waals surface area contributed by atoms with Gasteiger partial charge in [0.25, 0.3) is 0 Å². The molecule has 5 saturated heterocycles. The van der Waals surface area contributed by atoms with E-state index in [9.17, 15) is 0 Å². The molecule has 0 N–H and O–H groups in total. The van der Waals surface area contributed by atoms with Gasteiger partial charge in [-0.3, -0.25) is 0 Å². The van der Waals surface area contributed by atoms with Crippen LogP contribution in [0.25, 0.3) is 0 Å². The van der Waals surface area contributed by atoms with Crippen molar-refractivity contribution in [2.45, 2.75) is 81.7 Å². The Morgan fingerprint density at radius 3 is 1.48 bits per heavy atom. The molecule has 7 unspecified atom stereocenters. The van der Waals surface area contributed by atoms with Gasteiger partial charge < -0.3 is 35.7 Å². The molecule has 11 heteroatoms. The molecule has 0 aliphatic carbocycles. The molecule has 0 radical (unpaired) electrons. The van der Waals surface area contributed by atoms with Gasteiger partial charge in [0.15, 0.2) is 0 Å². The van der Waals surface area contributed by atoms with Crippen LogP contribution in [-0.4, -0.2) is 82.4 Å². The monoisotopic (exact) mass is 434 g/mol. The summed E-state index contributed by atoms with van der Waals surface area (Å²) in [5.74, 6) is 0. The van der Waals surface area contributed by atoms with E-state index in [1.54, 1.807) is 0 Å². The van der Waals surface area contributed by atoms with E-state index in [0.717, 1.165) is 31.9 Å². The third-order valence-electron chi connectivity index (χ3n) is 5.74. The molecule has 2 bridgehead atoms. The summed E-state index contributed by atoms with van der Waals surface area (Å²) in [6.07, 6.45) is 0.233. The van der Waals surface area contributed by atoms with Gasteiger partial charge in [0.05, 0.1) is 56.4 Å². The second-order valence-electron chi connectivity index (χ2n) is 8.86. The Bertz CT molecular complexity index is 548. The van der Waals surface area contributed by atoms with Crippen LogP contribution in [0.15, 0.2) is 0 Å². The zero-order chi connectivity index (χ0) is 18.9. The normalized spacial score (nSPS) is 56.9. The first-order chi connectivity index (χ1) is 12.8. The molecule has 5 fully saturated rings. The van der Waals surface area contributed by atoms with Crippen LogP contribution in [0, 0.1) is 0 Å². The van der Waals surface area contributed by atoms with Crippen molar-refractivity contribution in [1.82, 2.24) is 0 Å². The Balaban J connectivity index is 1.48. The highest BCUT2D eigenvalue weighted by atomic mass is 28.5. The lowest BCUT2D eigenvalue weighted by Crippen LogP contribution is -2.60. The van der Waals surface area contributed by atoms with Crippen LogP contribution in [-0.2, 0) is 35.7 Å². The van der Waals surface area contributed by atoms with Crippen molar-refractivity contribution in [3.05, 3.63) is 0 Å². The van der Waals surface area contributed by atoms with E-state index in [1.807, 2.05) is 0 Å². The van der Waals surface area contributed by atoms with Crippen LogP contribution in [0.2, 0.25) is 31.2 Å². The van der Waals surface area contributed by atoms with Crippen LogP contribution in [0.5, 0.6) is 0 Å². The molecule has 0 spiro atoms. The third-order valence-corrected chi connectivity index (χ3v) is 17.4. The lowest BCUT2D eigenvalue weighted by atomic mass is 10.1. The highest BCUT2D eigenvalue weighted by Gasteiger charge is 2.64. The Labute approximate surface area is 163 Å². The molecule has 5 aliphatic rings. The molecule has 0 aromatic rings. The molecule has 0 aromatic carbocycles. The zero-order valence-electron chi connectivity index (χ0n) is 16.5. The fraction of sp³-hybridized carbons (Fsp3) is 1.00. The first-order valence-corrected chi connectivity index (χ1v) is 17.0. The molecule has 7 atom stereocenters. The summed E-state index contributed by atoms with van der Waals surface area (Å²) < 4.78 is 49.9. The lowest BCUT2D eigenvalue weighted by Gasteiger charge is -2.39. The first-order valence-electron chi connectivity index (χ1n) is 10.0. The Kier molecular flexibility index (Phi) is 4.77. The van der Waals surface area contributed by atoms with E-state index < -0.39 is 25.9 Å². The SMILES string of the molecule is CC1O[Si](C)(CC2CO2)O[Si]2(CC3CO3)OC1C(C)O[Si](C)(CC1CO1)O2. The number of ether oxygens (including phenoxy) is 3. The molecule has 5 heterocycles. The average molecular weight is 435 g/mol. The summed E-state index contributed by atoms with van der Waals surface area (Å²) in [6.45, 7) is 10.7. The minimum Gasteiger partial charge on any atom is -0.393 e. The molecule has 8 nitrogen and oxygen atoms in total. The number of hydrogen-bond donors (Lipinski definition) is 0. The van der Waals surface area contributed by atoms with Crippen molar-refractivity contribution in [3.8, 4) is 0 Å². The number of rotatable bonds is 6. The van der Waals surface area contributed by atoms with Gasteiger partial charge in [0, 0.05) is 18.1 Å². The predicted molar refractivity (Wildman–Crippen MR) is 101 cm³/mol. The highest BCUT2D eigenvalue weighted by molar-refractivity contribution is 6.84. The molecular formula is C16H30O8Si3. The molecule has 0 saturated carbocycles. The van der Waals surface area contributed by atoms with Gasteiger partial charge in [-0.2, -0.15) is 0 Å². The van der Waals surface area contributed by atoms with E-state index in [0.29, 0.717) is 6.04 Å². The van der Waals surface area contributed by atoms with Crippen molar-refractivity contribution in [1.29, 1.82) is 0 Å². The summed E-state index contributed by atoms with van der Waals surface area (Å²) in [5, 5.41) is 0. The fourth-order valence-electron chi connectivity index (χ4n) is 4.45. The predicted octanol–water partition coefficient (Wildman–Crippen LogP) is 1.52. The summed E-state index contributed by atoms with van der Waals surface area (Å²) in [4.78, 5) is 0. The third kappa shape index (κ3) is 4.43. The van der Waals surface area contributed by atoms with Crippen molar-refractivity contribution in [3.63, 3.8) is 0 Å². The minimum atomic E-state index is -3.03. The molecule has 0 aromatic heterocycles. The van der Waals surface area contributed by atoms with Gasteiger partial charge in [-0.05, 0) is 26.9 Å². The van der Waals surface area contributed by atoms with Gasteiger partial charge in [0.2, 0.25) is 0 Å². The smallest absolute Gasteiger partial charge is 0.393 e. The molecule has 0 amide bonds. The standard InChI is InChI=1S/C16H30O8Si3/c1-11-16-12(2)21-26(4,9-14-6-18-14)24-27(22-16,10-15-7-19-15)23-25(3,20-11)8-13-5-17-13/h11-16H,5-10H2,1-4H3. The second kappa shape index (κ2) is 6.67. The van der Waals surface area contributed by atoms with Crippen LogP contribution in [0.4, 0.5) is 0 Å². The van der Waals surface area contributed by atoms with Gasteiger partial charge in [-0.1, -0.05) is 0 Å². The summed E-state index contributed by atoms with van der Waals surface area (Å²) in [6, 6.07) is 2.31. The van der Waals surface area contributed by atoms with Gasteiger partial charge >= 0.3 is 25.9 Å². The molecule has 5 rings (SSSR count). The summed E-state index contributed by atoms with van der Waals surface area (Å²) in [5.41, 5.74) is 0. The van der Waals surface area contributed by atoms with Crippen LogP contribution in [0.1, 0.15) is 13.8 Å². The number of hydrogen-bond acceptors (Lipinski definition) is 8. The molecule has 154 valence electrons. The largest absolute Gasteiger partial charge is 0.486 e. The number of epoxide rings is 3. The van der Waals surface area contributed by atoms with Crippen molar-refractivity contribution >= 4 is 25.9 Å². The average Bonchev–Trinajstić information content (AvgIpc) is 3.36. The van der Waals surface area contributed by atoms with E-state index in [1.165, 1.54) is 0 Å². The molecule has 27 heavy (non-hydrogen) atoms. The Morgan fingerprint density at radius 1 is 0.667 bits per heavy atom. The minimum absolute atomic E-state index is 0.109. The maximum absolute atomic E-state index is 6.82. The number of fused-ring (bicyclic) bond motifs is 2. The second-order valence-corrected chi connectivity index (χ2v) is 18.3. The summed E-state index contributed by atoms with van der Waals surface area (Å²) in [7, 11) is -8.07. The Hall–Kier alpha value is 0.331. The summed E-state index contributed by atoms with van der Waals surface area (Å²) >= 11 is 0. The van der Waals surface area contributed by atoms with E-state index >= 15 is 0 Å². The van der Waals surface area contributed by atoms with Crippen LogP contribution >= 0.6 is 0 Å². The van der Waals surface area contributed by atoms with Crippen molar-refractivity contribution in [2.24, 2.45) is 0 Å². The van der Waals surface area contributed by atoms with Crippen molar-refractivity contribution in [2.75, 3.05) is 19.8 Å². The van der Waals surface area contributed by atoms with E-state index in [-0.39, 0.29) is 36.6 Å². The maximum atomic E-state index is 6.82. The fourth-order valence-corrected chi connectivity index (χ4v) is 18.2. The van der Waals surface area contributed by atoms with E-state index in [4.69, 9.17) is 35.7 Å². The van der Waals surface area contributed by atoms with Gasteiger partial charge in [0.1, 0.15) is 0 Å². The quantitative estimate of drug-likeness (QED) is 0.460. The van der Waals surface area contributed by atoms with Gasteiger partial charge in [-0.25, -0.2) is 0 Å². The van der Waals surface area contributed by atoms with E-state index in [2.05, 4.69) is 26.9 Å². The van der Waals surface area contributed by atoms with Crippen LogP contribution < -0.4 is 0 Å². The maximum Gasteiger partial charge on any atom is 0.486 e. The lowest BCUT2D eigenvalue weighted by molar-refractivity contribution is -0.00928. The van der Waals surface area contributed by atoms with Gasteiger partial charge in [-0.15, -0.1) is 0 Å². The molecule has 5 aliphatic heterocycles. The van der Waals surface area contributed by atoms with Crippen LogP contribution in [0.3, 0.4) is 0 Å². The first kappa shape index (κ1) is 19.3.